The van der Waals surface area contributed by atoms with Crippen LogP contribution >= 0.6 is 11.8 Å². The maximum absolute atomic E-state index is 13.3. The molecule has 7 heteroatoms. The second-order valence-electron chi connectivity index (χ2n) is 7.98. The van der Waals surface area contributed by atoms with Gasteiger partial charge in [0.2, 0.25) is 5.91 Å². The van der Waals surface area contributed by atoms with E-state index >= 15 is 0 Å². The van der Waals surface area contributed by atoms with Crippen LogP contribution in [-0.4, -0.2) is 58.9 Å². The summed E-state index contributed by atoms with van der Waals surface area (Å²) in [5.41, 5.74) is 3.21. The van der Waals surface area contributed by atoms with Gasteiger partial charge in [-0.2, -0.15) is 0 Å². The standard InChI is InChI=1S/C24H26N4O2S/c1-17(24(29)28-11-10-18-6-2-5-9-21(18)28)31-23-19-7-3-4-8-20(19)25-22(26-23)16-27-12-14-30-15-13-27/h2-9,17H,10-16H2,1H3/t17-/m0/s1. The van der Waals surface area contributed by atoms with Gasteiger partial charge in [0.1, 0.15) is 10.9 Å². The highest BCUT2D eigenvalue weighted by Crippen LogP contribution is 2.33. The van der Waals surface area contributed by atoms with Gasteiger partial charge in [0, 0.05) is 30.7 Å². The Labute approximate surface area is 186 Å². The molecule has 0 radical (unpaired) electrons. The Morgan fingerprint density at radius 1 is 1.06 bits per heavy atom. The Kier molecular flexibility index (Phi) is 5.89. The average Bonchev–Trinajstić information content (AvgIpc) is 3.23. The van der Waals surface area contributed by atoms with Gasteiger partial charge in [-0.25, -0.2) is 9.97 Å². The number of anilines is 1. The summed E-state index contributed by atoms with van der Waals surface area (Å²) in [5.74, 6) is 0.932. The van der Waals surface area contributed by atoms with Crippen molar-refractivity contribution in [3.05, 3.63) is 59.9 Å². The van der Waals surface area contributed by atoms with Crippen molar-refractivity contribution in [2.24, 2.45) is 0 Å². The number of hydrogen-bond acceptors (Lipinski definition) is 6. The summed E-state index contributed by atoms with van der Waals surface area (Å²) in [6.45, 7) is 6.70. The summed E-state index contributed by atoms with van der Waals surface area (Å²) in [5, 5.41) is 1.64. The minimum absolute atomic E-state index is 0.132. The zero-order valence-corrected chi connectivity index (χ0v) is 18.5. The first-order valence-corrected chi connectivity index (χ1v) is 11.7. The number of amides is 1. The molecule has 3 heterocycles. The number of nitrogens with zero attached hydrogens (tertiary/aromatic N) is 4. The lowest BCUT2D eigenvalue weighted by Crippen LogP contribution is -2.36. The van der Waals surface area contributed by atoms with Crippen molar-refractivity contribution >= 4 is 34.3 Å². The molecule has 31 heavy (non-hydrogen) atoms. The second-order valence-corrected chi connectivity index (χ2v) is 9.31. The molecule has 0 unspecified atom stereocenters. The third-order valence-corrected chi connectivity index (χ3v) is 6.96. The number of morpholine rings is 1. The van der Waals surface area contributed by atoms with Crippen LogP contribution in [0.1, 0.15) is 18.3 Å². The Morgan fingerprint density at radius 2 is 1.84 bits per heavy atom. The molecule has 1 aromatic heterocycles. The molecule has 0 bridgehead atoms. The summed E-state index contributed by atoms with van der Waals surface area (Å²) in [6, 6.07) is 16.2. The van der Waals surface area contributed by atoms with Gasteiger partial charge in [-0.3, -0.25) is 9.69 Å². The number of para-hydroxylation sites is 2. The molecule has 2 aliphatic heterocycles. The van der Waals surface area contributed by atoms with Crippen molar-refractivity contribution in [2.45, 2.75) is 30.2 Å². The van der Waals surface area contributed by atoms with Crippen LogP contribution in [0.25, 0.3) is 10.9 Å². The first kappa shape index (κ1) is 20.4. The van der Waals surface area contributed by atoms with Gasteiger partial charge >= 0.3 is 0 Å². The number of fused-ring (bicyclic) bond motifs is 2. The van der Waals surface area contributed by atoms with Crippen molar-refractivity contribution in [1.29, 1.82) is 0 Å². The van der Waals surface area contributed by atoms with E-state index in [1.54, 1.807) is 0 Å². The van der Waals surface area contributed by atoms with Crippen LogP contribution < -0.4 is 4.90 Å². The Morgan fingerprint density at radius 3 is 2.71 bits per heavy atom. The lowest BCUT2D eigenvalue weighted by Gasteiger charge is -2.26. The van der Waals surface area contributed by atoms with Crippen LogP contribution in [0, 0.1) is 0 Å². The molecule has 5 rings (SSSR count). The zero-order valence-electron chi connectivity index (χ0n) is 17.7. The molecule has 6 nitrogen and oxygen atoms in total. The number of benzene rings is 2. The number of ether oxygens (including phenoxy) is 1. The minimum Gasteiger partial charge on any atom is -0.379 e. The van der Waals surface area contributed by atoms with E-state index in [1.807, 2.05) is 54.3 Å². The molecule has 0 N–H and O–H groups in total. The highest BCUT2D eigenvalue weighted by atomic mass is 32.2. The third kappa shape index (κ3) is 4.31. The largest absolute Gasteiger partial charge is 0.379 e. The van der Waals surface area contributed by atoms with E-state index in [4.69, 9.17) is 14.7 Å². The van der Waals surface area contributed by atoms with Gasteiger partial charge in [0.05, 0.1) is 30.5 Å². The predicted octanol–water partition coefficient (Wildman–Crippen LogP) is 3.53. The minimum atomic E-state index is -0.235. The molecule has 2 aliphatic rings. The normalized spacial score (nSPS) is 17.6. The quantitative estimate of drug-likeness (QED) is 0.452. The molecule has 1 atom stereocenters. The van der Waals surface area contributed by atoms with Crippen LogP contribution in [-0.2, 0) is 22.5 Å². The van der Waals surface area contributed by atoms with Crippen LogP contribution in [0.4, 0.5) is 5.69 Å². The number of hydrogen-bond donors (Lipinski definition) is 0. The van der Waals surface area contributed by atoms with Crippen LogP contribution in [0.3, 0.4) is 0 Å². The van der Waals surface area contributed by atoms with Crippen LogP contribution in [0.5, 0.6) is 0 Å². The summed E-state index contributed by atoms with van der Waals surface area (Å²) >= 11 is 1.53. The highest BCUT2D eigenvalue weighted by molar-refractivity contribution is 8.00. The van der Waals surface area contributed by atoms with E-state index in [0.717, 1.165) is 66.7 Å². The SMILES string of the molecule is C[C@H](Sc1nc(CN2CCOCC2)nc2ccccc12)C(=O)N1CCc2ccccc21. The molecule has 2 aromatic carbocycles. The van der Waals surface area contributed by atoms with E-state index in [0.29, 0.717) is 6.54 Å². The van der Waals surface area contributed by atoms with E-state index in [-0.39, 0.29) is 11.2 Å². The highest BCUT2D eigenvalue weighted by Gasteiger charge is 2.29. The monoisotopic (exact) mass is 434 g/mol. The van der Waals surface area contributed by atoms with Gasteiger partial charge in [-0.15, -0.1) is 0 Å². The smallest absolute Gasteiger partial charge is 0.240 e. The zero-order chi connectivity index (χ0) is 21.2. The van der Waals surface area contributed by atoms with E-state index in [1.165, 1.54) is 17.3 Å². The van der Waals surface area contributed by atoms with Crippen LogP contribution in [0.15, 0.2) is 53.6 Å². The Balaban J connectivity index is 1.39. The number of carbonyl (C=O) groups excluding carboxylic acids is 1. The fourth-order valence-electron chi connectivity index (χ4n) is 4.22. The van der Waals surface area contributed by atoms with Crippen molar-refractivity contribution in [3.8, 4) is 0 Å². The summed E-state index contributed by atoms with van der Waals surface area (Å²) in [6.07, 6.45) is 0.916. The van der Waals surface area contributed by atoms with Gasteiger partial charge in [-0.1, -0.05) is 48.2 Å². The number of carbonyl (C=O) groups is 1. The first-order valence-electron chi connectivity index (χ1n) is 10.8. The number of aromatic nitrogens is 2. The second kappa shape index (κ2) is 8.94. The Bertz CT molecular complexity index is 1100. The molecule has 1 fully saturated rings. The lowest BCUT2D eigenvalue weighted by molar-refractivity contribution is -0.117. The molecule has 0 aliphatic carbocycles. The summed E-state index contributed by atoms with van der Waals surface area (Å²) in [4.78, 5) is 27.2. The summed E-state index contributed by atoms with van der Waals surface area (Å²) < 4.78 is 5.46. The Hall–Kier alpha value is -2.48. The summed E-state index contributed by atoms with van der Waals surface area (Å²) in [7, 11) is 0. The maximum atomic E-state index is 13.3. The molecular formula is C24H26N4O2S. The van der Waals surface area contributed by atoms with Gasteiger partial charge in [0.15, 0.2) is 0 Å². The fraction of sp³-hybridized carbons (Fsp3) is 0.375. The number of thioether (sulfide) groups is 1. The van der Waals surface area contributed by atoms with Crippen molar-refractivity contribution in [1.82, 2.24) is 14.9 Å². The van der Waals surface area contributed by atoms with Crippen molar-refractivity contribution in [3.63, 3.8) is 0 Å². The molecule has 0 saturated carbocycles. The van der Waals surface area contributed by atoms with Crippen LogP contribution in [0.2, 0.25) is 0 Å². The lowest BCUT2D eigenvalue weighted by atomic mass is 10.2. The van der Waals surface area contributed by atoms with E-state index in [2.05, 4.69) is 11.0 Å². The molecule has 3 aromatic rings. The maximum Gasteiger partial charge on any atom is 0.240 e. The van der Waals surface area contributed by atoms with Crippen molar-refractivity contribution < 1.29 is 9.53 Å². The topological polar surface area (TPSA) is 58.6 Å². The van der Waals surface area contributed by atoms with Gasteiger partial charge in [0.25, 0.3) is 0 Å². The molecule has 1 amide bonds. The molecule has 160 valence electrons. The van der Waals surface area contributed by atoms with Gasteiger partial charge in [-0.05, 0) is 31.0 Å². The molecule has 1 saturated heterocycles. The van der Waals surface area contributed by atoms with E-state index in [9.17, 15) is 4.79 Å². The average molecular weight is 435 g/mol. The van der Waals surface area contributed by atoms with Gasteiger partial charge < -0.3 is 9.64 Å². The molecule has 0 spiro atoms. The van der Waals surface area contributed by atoms with Crippen molar-refractivity contribution in [2.75, 3.05) is 37.7 Å². The number of rotatable bonds is 5. The molecular weight excluding hydrogens is 408 g/mol. The third-order valence-electron chi connectivity index (χ3n) is 5.87. The fourth-order valence-corrected chi connectivity index (χ4v) is 5.24. The van der Waals surface area contributed by atoms with E-state index < -0.39 is 0 Å². The predicted molar refractivity (Wildman–Crippen MR) is 123 cm³/mol. The first-order chi connectivity index (χ1) is 15.2.